The van der Waals surface area contributed by atoms with Gasteiger partial charge in [-0.15, -0.1) is 0 Å². The van der Waals surface area contributed by atoms with Crippen molar-refractivity contribution in [1.29, 1.82) is 0 Å². The van der Waals surface area contributed by atoms with E-state index in [0.717, 1.165) is 19.5 Å². The Morgan fingerprint density at radius 1 is 1.40 bits per heavy atom. The van der Waals surface area contributed by atoms with Gasteiger partial charge in [-0.25, -0.2) is 4.79 Å². The van der Waals surface area contributed by atoms with Crippen LogP contribution in [-0.4, -0.2) is 54.4 Å². The van der Waals surface area contributed by atoms with Crippen LogP contribution in [0.25, 0.3) is 0 Å². The molecule has 5 heteroatoms. The highest BCUT2D eigenvalue weighted by atomic mass is 16.3. The maximum absolute atomic E-state index is 11.8. The minimum Gasteiger partial charge on any atom is -0.394 e. The number of nitrogens with zero attached hydrogens (tertiary/aromatic N) is 1. The molecular weight excluding hydrogens is 254 g/mol. The van der Waals surface area contributed by atoms with E-state index in [0.29, 0.717) is 18.5 Å². The van der Waals surface area contributed by atoms with Crippen molar-refractivity contribution in [2.45, 2.75) is 58.5 Å². The summed E-state index contributed by atoms with van der Waals surface area (Å²) < 4.78 is 0. The second kappa shape index (κ2) is 9.19. The van der Waals surface area contributed by atoms with Gasteiger partial charge in [0.25, 0.3) is 0 Å². The first-order valence-corrected chi connectivity index (χ1v) is 7.92. The Hall–Kier alpha value is -0.810. The highest BCUT2D eigenvalue weighted by Gasteiger charge is 2.18. The zero-order chi connectivity index (χ0) is 15.0. The number of nitrogens with one attached hydrogen (secondary N) is 2. The smallest absolute Gasteiger partial charge is 0.315 e. The summed E-state index contributed by atoms with van der Waals surface area (Å²) in [5.74, 6) is 0.460. The summed E-state index contributed by atoms with van der Waals surface area (Å²) in [6.07, 6.45) is 4.64. The fourth-order valence-corrected chi connectivity index (χ4v) is 2.79. The minimum atomic E-state index is -0.172. The third kappa shape index (κ3) is 6.57. The number of aliphatic hydroxyl groups excluding tert-OH is 1. The highest BCUT2D eigenvalue weighted by molar-refractivity contribution is 5.74. The average molecular weight is 285 g/mol. The largest absolute Gasteiger partial charge is 0.394 e. The third-order valence-electron chi connectivity index (χ3n) is 3.94. The Morgan fingerprint density at radius 2 is 2.15 bits per heavy atom. The van der Waals surface area contributed by atoms with Crippen molar-refractivity contribution in [3.63, 3.8) is 0 Å². The first-order valence-electron chi connectivity index (χ1n) is 7.92. The monoisotopic (exact) mass is 285 g/mol. The fraction of sp³-hybridized carbons (Fsp3) is 0.933. The summed E-state index contributed by atoms with van der Waals surface area (Å²) in [5, 5.41) is 15.0. The van der Waals surface area contributed by atoms with Crippen LogP contribution in [0, 0.1) is 5.92 Å². The molecule has 0 aliphatic carbocycles. The summed E-state index contributed by atoms with van der Waals surface area (Å²) in [7, 11) is 0. The lowest BCUT2D eigenvalue weighted by molar-refractivity contribution is 0.160. The molecule has 3 N–H and O–H groups in total. The molecule has 1 aliphatic rings. The average Bonchev–Trinajstić information content (AvgIpc) is 2.39. The SMILES string of the molecule is CC(C)C[C@@H](CO)NC(=O)NCCN1CCCC[C@@H]1C. The summed E-state index contributed by atoms with van der Waals surface area (Å²) in [6, 6.07) is 0.304. The van der Waals surface area contributed by atoms with Gasteiger partial charge in [-0.2, -0.15) is 0 Å². The van der Waals surface area contributed by atoms with Gasteiger partial charge < -0.3 is 15.7 Å². The Kier molecular flexibility index (Phi) is 7.92. The molecule has 1 saturated heterocycles. The van der Waals surface area contributed by atoms with Gasteiger partial charge in [-0.05, 0) is 38.6 Å². The molecular formula is C15H31N3O2. The van der Waals surface area contributed by atoms with Gasteiger partial charge in [-0.1, -0.05) is 20.3 Å². The third-order valence-corrected chi connectivity index (χ3v) is 3.94. The van der Waals surface area contributed by atoms with Crippen molar-refractivity contribution in [2.24, 2.45) is 5.92 Å². The van der Waals surface area contributed by atoms with E-state index >= 15 is 0 Å². The van der Waals surface area contributed by atoms with Crippen LogP contribution in [0.15, 0.2) is 0 Å². The van der Waals surface area contributed by atoms with Gasteiger partial charge in [0.2, 0.25) is 0 Å². The molecule has 118 valence electrons. The van der Waals surface area contributed by atoms with Crippen molar-refractivity contribution >= 4 is 6.03 Å². The highest BCUT2D eigenvalue weighted by Crippen LogP contribution is 2.15. The van der Waals surface area contributed by atoms with Crippen molar-refractivity contribution in [2.75, 3.05) is 26.2 Å². The first kappa shape index (κ1) is 17.2. The van der Waals surface area contributed by atoms with Crippen LogP contribution in [0.5, 0.6) is 0 Å². The maximum atomic E-state index is 11.8. The summed E-state index contributed by atoms with van der Waals surface area (Å²) in [5.41, 5.74) is 0. The number of carbonyl (C=O) groups excluding carboxylic acids is 1. The van der Waals surface area contributed by atoms with E-state index in [-0.39, 0.29) is 18.7 Å². The summed E-state index contributed by atoms with van der Waals surface area (Å²) in [4.78, 5) is 14.2. The molecule has 1 rings (SSSR count). The number of aliphatic hydroxyl groups is 1. The Morgan fingerprint density at radius 3 is 2.75 bits per heavy atom. The molecule has 0 aromatic carbocycles. The molecule has 1 aliphatic heterocycles. The molecule has 0 saturated carbocycles. The molecule has 0 aromatic heterocycles. The van der Waals surface area contributed by atoms with Gasteiger partial charge in [0, 0.05) is 19.1 Å². The standard InChI is InChI=1S/C15H31N3O2/c1-12(2)10-14(11-19)17-15(20)16-7-9-18-8-5-4-6-13(18)3/h12-14,19H,4-11H2,1-3H3,(H2,16,17,20)/t13-,14-/m0/s1. The zero-order valence-corrected chi connectivity index (χ0v) is 13.2. The van der Waals surface area contributed by atoms with Crippen LogP contribution in [-0.2, 0) is 0 Å². The fourth-order valence-electron chi connectivity index (χ4n) is 2.79. The summed E-state index contributed by atoms with van der Waals surface area (Å²) >= 11 is 0. The quantitative estimate of drug-likeness (QED) is 0.665. The van der Waals surface area contributed by atoms with E-state index in [1.807, 2.05) is 0 Å². The normalized spacial score (nSPS) is 21.8. The number of hydrogen-bond acceptors (Lipinski definition) is 3. The number of carbonyl (C=O) groups is 1. The number of piperidine rings is 1. The molecule has 0 aromatic rings. The summed E-state index contributed by atoms with van der Waals surface area (Å²) in [6.45, 7) is 9.12. The Balaban J connectivity index is 2.18. The second-order valence-electron chi connectivity index (χ2n) is 6.29. The van der Waals surface area contributed by atoms with E-state index in [2.05, 4.69) is 36.3 Å². The van der Waals surface area contributed by atoms with E-state index in [1.54, 1.807) is 0 Å². The van der Waals surface area contributed by atoms with Gasteiger partial charge in [-0.3, -0.25) is 4.90 Å². The molecule has 1 heterocycles. The number of rotatable bonds is 7. The lowest BCUT2D eigenvalue weighted by Gasteiger charge is -2.33. The number of urea groups is 1. The maximum Gasteiger partial charge on any atom is 0.315 e. The lowest BCUT2D eigenvalue weighted by Crippen LogP contribution is -2.47. The van der Waals surface area contributed by atoms with E-state index in [9.17, 15) is 9.90 Å². The molecule has 1 fully saturated rings. The van der Waals surface area contributed by atoms with Gasteiger partial charge in [0.05, 0.1) is 12.6 Å². The van der Waals surface area contributed by atoms with E-state index < -0.39 is 0 Å². The van der Waals surface area contributed by atoms with E-state index in [4.69, 9.17) is 0 Å². The lowest BCUT2D eigenvalue weighted by atomic mass is 10.0. The Labute approximate surface area is 123 Å². The Bertz CT molecular complexity index is 284. The zero-order valence-electron chi connectivity index (χ0n) is 13.2. The van der Waals surface area contributed by atoms with Crippen molar-refractivity contribution in [3.8, 4) is 0 Å². The van der Waals surface area contributed by atoms with Gasteiger partial charge in [0.1, 0.15) is 0 Å². The van der Waals surface area contributed by atoms with Crippen molar-refractivity contribution < 1.29 is 9.90 Å². The molecule has 0 unspecified atom stereocenters. The number of amides is 2. The predicted molar refractivity (Wildman–Crippen MR) is 81.7 cm³/mol. The van der Waals surface area contributed by atoms with Crippen LogP contribution < -0.4 is 10.6 Å². The predicted octanol–water partition coefficient (Wildman–Crippen LogP) is 1.57. The molecule has 2 atom stereocenters. The molecule has 0 bridgehead atoms. The molecule has 2 amide bonds. The van der Waals surface area contributed by atoms with Gasteiger partial charge in [0.15, 0.2) is 0 Å². The first-order chi connectivity index (χ1) is 9.52. The topological polar surface area (TPSA) is 64.6 Å². The second-order valence-corrected chi connectivity index (χ2v) is 6.29. The van der Waals surface area contributed by atoms with Crippen LogP contribution in [0.4, 0.5) is 4.79 Å². The number of likely N-dealkylation sites (tertiary alicyclic amines) is 1. The van der Waals surface area contributed by atoms with Crippen LogP contribution in [0.1, 0.15) is 46.5 Å². The van der Waals surface area contributed by atoms with E-state index in [1.165, 1.54) is 19.3 Å². The molecule has 20 heavy (non-hydrogen) atoms. The molecule has 0 spiro atoms. The molecule has 5 nitrogen and oxygen atoms in total. The molecule has 0 radical (unpaired) electrons. The van der Waals surface area contributed by atoms with Crippen LogP contribution in [0.3, 0.4) is 0 Å². The van der Waals surface area contributed by atoms with Crippen molar-refractivity contribution in [1.82, 2.24) is 15.5 Å². The number of hydrogen-bond donors (Lipinski definition) is 3. The minimum absolute atomic E-state index is 0.00520. The van der Waals surface area contributed by atoms with Crippen LogP contribution >= 0.6 is 0 Å². The van der Waals surface area contributed by atoms with Crippen LogP contribution in [0.2, 0.25) is 0 Å². The van der Waals surface area contributed by atoms with Gasteiger partial charge >= 0.3 is 6.03 Å². The van der Waals surface area contributed by atoms with Crippen molar-refractivity contribution in [3.05, 3.63) is 0 Å².